The van der Waals surface area contributed by atoms with Crippen molar-refractivity contribution in [3.63, 3.8) is 0 Å². The molecule has 0 saturated carbocycles. The number of ketones is 1. The number of rotatable bonds is 6. The molecule has 7 heteroatoms. The normalized spacial score (nSPS) is 10.4. The van der Waals surface area contributed by atoms with Crippen LogP contribution in [0.5, 0.6) is 0 Å². The highest BCUT2D eigenvalue weighted by Crippen LogP contribution is 2.22. The van der Waals surface area contributed by atoms with Gasteiger partial charge < -0.3 is 15.0 Å². The highest BCUT2D eigenvalue weighted by molar-refractivity contribution is 6.16. The summed E-state index contributed by atoms with van der Waals surface area (Å²) in [5.74, 6) is -1.50. The summed E-state index contributed by atoms with van der Waals surface area (Å²) < 4.78 is 4.92. The molecule has 1 aromatic heterocycles. The van der Waals surface area contributed by atoms with E-state index in [0.29, 0.717) is 16.8 Å². The minimum atomic E-state index is -0.672. The molecule has 3 rings (SSSR count). The van der Waals surface area contributed by atoms with Crippen molar-refractivity contribution in [2.24, 2.45) is 0 Å². The Morgan fingerprint density at radius 3 is 2.57 bits per heavy atom. The number of nitrogens with one attached hydrogen (secondary N) is 2. The van der Waals surface area contributed by atoms with Crippen molar-refractivity contribution in [2.75, 3.05) is 11.9 Å². The Kier molecular flexibility index (Phi) is 5.64. The van der Waals surface area contributed by atoms with Gasteiger partial charge in [-0.3, -0.25) is 9.59 Å². The van der Waals surface area contributed by atoms with Crippen LogP contribution < -0.4 is 5.32 Å². The van der Waals surface area contributed by atoms with Crippen molar-refractivity contribution in [1.82, 2.24) is 9.97 Å². The number of carbonyl (C=O) groups excluding carboxylic acids is 3. The number of aryl methyl sites for hydroxylation is 1. The van der Waals surface area contributed by atoms with Crippen LogP contribution in [0.2, 0.25) is 0 Å². The first-order valence-electron chi connectivity index (χ1n) is 8.73. The van der Waals surface area contributed by atoms with E-state index in [1.807, 2.05) is 13.0 Å². The Labute approximate surface area is 161 Å². The van der Waals surface area contributed by atoms with Crippen LogP contribution >= 0.6 is 0 Å². The van der Waals surface area contributed by atoms with Crippen LogP contribution in [0.4, 0.5) is 5.69 Å². The number of nitrogens with zero attached hydrogens (tertiary/aromatic N) is 1. The summed E-state index contributed by atoms with van der Waals surface area (Å²) in [4.78, 5) is 44.1. The lowest BCUT2D eigenvalue weighted by molar-refractivity contribution is 0.0517. The Bertz CT molecular complexity index is 1030. The van der Waals surface area contributed by atoms with Gasteiger partial charge in [-0.2, -0.15) is 0 Å². The quantitative estimate of drug-likeness (QED) is 0.507. The van der Waals surface area contributed by atoms with Crippen molar-refractivity contribution >= 4 is 23.3 Å². The maximum Gasteiger partial charge on any atom is 0.357 e. The fraction of sp³-hybridized carbons (Fsp3) is 0.143. The number of hydrogen-bond donors (Lipinski definition) is 2. The summed E-state index contributed by atoms with van der Waals surface area (Å²) >= 11 is 0. The predicted octanol–water partition coefficient (Wildman–Crippen LogP) is 3.38. The Balaban J connectivity index is 1.92. The number of carbonyl (C=O) groups is 3. The van der Waals surface area contributed by atoms with E-state index in [1.165, 1.54) is 6.33 Å². The highest BCUT2D eigenvalue weighted by Gasteiger charge is 2.23. The first kappa shape index (κ1) is 19.0. The summed E-state index contributed by atoms with van der Waals surface area (Å²) in [6, 6.07) is 13.9. The second-order valence-electron chi connectivity index (χ2n) is 6.04. The zero-order chi connectivity index (χ0) is 20.1. The zero-order valence-corrected chi connectivity index (χ0v) is 15.5. The van der Waals surface area contributed by atoms with Crippen LogP contribution in [0.3, 0.4) is 0 Å². The predicted molar refractivity (Wildman–Crippen MR) is 104 cm³/mol. The Morgan fingerprint density at radius 1 is 1.11 bits per heavy atom. The van der Waals surface area contributed by atoms with Crippen molar-refractivity contribution in [2.45, 2.75) is 13.8 Å². The zero-order valence-electron chi connectivity index (χ0n) is 15.5. The van der Waals surface area contributed by atoms with E-state index >= 15 is 0 Å². The second kappa shape index (κ2) is 8.30. The van der Waals surface area contributed by atoms with Crippen LogP contribution in [0.25, 0.3) is 0 Å². The van der Waals surface area contributed by atoms with E-state index in [4.69, 9.17) is 4.74 Å². The van der Waals surface area contributed by atoms with Crippen molar-refractivity contribution < 1.29 is 19.1 Å². The van der Waals surface area contributed by atoms with Gasteiger partial charge in [0.05, 0.1) is 18.6 Å². The van der Waals surface area contributed by atoms with Gasteiger partial charge in [0.2, 0.25) is 0 Å². The third-order valence-electron chi connectivity index (χ3n) is 4.04. The number of benzene rings is 2. The first-order valence-corrected chi connectivity index (χ1v) is 8.73. The Morgan fingerprint density at radius 2 is 1.86 bits per heavy atom. The molecule has 28 heavy (non-hydrogen) atoms. The number of ether oxygens (including phenoxy) is 1. The summed E-state index contributed by atoms with van der Waals surface area (Å²) in [5.41, 5.74) is 1.94. The molecule has 0 atom stereocenters. The molecule has 7 nitrogen and oxygen atoms in total. The van der Waals surface area contributed by atoms with Gasteiger partial charge >= 0.3 is 5.97 Å². The van der Waals surface area contributed by atoms with Crippen molar-refractivity contribution in [3.8, 4) is 0 Å². The maximum absolute atomic E-state index is 12.9. The van der Waals surface area contributed by atoms with Gasteiger partial charge in [-0.1, -0.05) is 42.0 Å². The van der Waals surface area contributed by atoms with Gasteiger partial charge in [0, 0.05) is 11.1 Å². The topological polar surface area (TPSA) is 101 Å². The number of anilines is 1. The number of amides is 1. The molecule has 0 bridgehead atoms. The molecule has 142 valence electrons. The average Bonchev–Trinajstić information content (AvgIpc) is 3.20. The molecular formula is C21H19N3O4. The highest BCUT2D eigenvalue weighted by atomic mass is 16.5. The molecule has 0 fully saturated rings. The minimum Gasteiger partial charge on any atom is -0.461 e. The molecule has 3 aromatic rings. The van der Waals surface area contributed by atoms with Gasteiger partial charge in [0.25, 0.3) is 5.91 Å². The van der Waals surface area contributed by atoms with Gasteiger partial charge in [0.1, 0.15) is 0 Å². The van der Waals surface area contributed by atoms with E-state index in [2.05, 4.69) is 15.3 Å². The summed E-state index contributed by atoms with van der Waals surface area (Å²) in [6.07, 6.45) is 1.24. The van der Waals surface area contributed by atoms with Gasteiger partial charge in [-0.15, -0.1) is 0 Å². The van der Waals surface area contributed by atoms with E-state index in [0.717, 1.165) is 5.56 Å². The lowest BCUT2D eigenvalue weighted by atomic mass is 9.99. The number of aromatic nitrogens is 2. The number of esters is 1. The maximum atomic E-state index is 12.9. The molecule has 1 amide bonds. The molecule has 1 heterocycles. The average molecular weight is 377 g/mol. The molecule has 0 spiro atoms. The molecule has 0 aliphatic heterocycles. The van der Waals surface area contributed by atoms with Gasteiger partial charge in [0.15, 0.2) is 17.2 Å². The summed E-state index contributed by atoms with van der Waals surface area (Å²) in [6.45, 7) is 3.70. The van der Waals surface area contributed by atoms with E-state index in [-0.39, 0.29) is 23.8 Å². The van der Waals surface area contributed by atoms with Crippen LogP contribution in [-0.4, -0.2) is 34.2 Å². The number of hydrogen-bond acceptors (Lipinski definition) is 5. The smallest absolute Gasteiger partial charge is 0.357 e. The van der Waals surface area contributed by atoms with Gasteiger partial charge in [-0.25, -0.2) is 9.78 Å². The number of H-pyrrole nitrogens is 1. The third-order valence-corrected chi connectivity index (χ3v) is 4.04. The monoisotopic (exact) mass is 377 g/mol. The van der Waals surface area contributed by atoms with E-state index in [9.17, 15) is 14.4 Å². The number of aromatic amines is 1. The van der Waals surface area contributed by atoms with Crippen LogP contribution in [0.15, 0.2) is 54.9 Å². The van der Waals surface area contributed by atoms with Crippen LogP contribution in [-0.2, 0) is 4.74 Å². The van der Waals surface area contributed by atoms with Crippen molar-refractivity contribution in [1.29, 1.82) is 0 Å². The van der Waals surface area contributed by atoms with Crippen molar-refractivity contribution in [3.05, 3.63) is 82.9 Å². The first-order chi connectivity index (χ1) is 13.5. The second-order valence-corrected chi connectivity index (χ2v) is 6.04. The molecule has 2 N–H and O–H groups in total. The molecule has 0 unspecified atom stereocenters. The fourth-order valence-corrected chi connectivity index (χ4v) is 2.71. The Hall–Kier alpha value is -3.74. The summed E-state index contributed by atoms with van der Waals surface area (Å²) in [7, 11) is 0. The minimum absolute atomic E-state index is 0.0394. The fourth-order valence-electron chi connectivity index (χ4n) is 2.71. The number of imidazole rings is 1. The van der Waals surface area contributed by atoms with Crippen LogP contribution in [0.1, 0.15) is 49.4 Å². The van der Waals surface area contributed by atoms with E-state index in [1.54, 1.807) is 49.4 Å². The molecule has 2 aromatic carbocycles. The third kappa shape index (κ3) is 3.98. The standard InChI is InChI=1S/C21H19N3O4/c1-3-28-21(27)18-17(22-12-23-18)20(26)24-16-10-9-13(2)11-15(16)19(25)14-7-5-4-6-8-14/h4-12H,3H2,1-2H3,(H,22,23)(H,24,26). The molecular weight excluding hydrogens is 358 g/mol. The SMILES string of the molecule is CCOC(=O)c1[nH]cnc1C(=O)Nc1ccc(C)cc1C(=O)c1ccccc1. The molecule has 0 radical (unpaired) electrons. The lowest BCUT2D eigenvalue weighted by Crippen LogP contribution is -2.19. The summed E-state index contributed by atoms with van der Waals surface area (Å²) in [5, 5.41) is 2.68. The lowest BCUT2D eigenvalue weighted by Gasteiger charge is -2.11. The van der Waals surface area contributed by atoms with E-state index < -0.39 is 11.9 Å². The molecule has 0 saturated heterocycles. The molecule has 0 aliphatic rings. The largest absolute Gasteiger partial charge is 0.461 e. The molecule has 0 aliphatic carbocycles. The van der Waals surface area contributed by atoms with Crippen LogP contribution in [0, 0.1) is 6.92 Å². The van der Waals surface area contributed by atoms with Gasteiger partial charge in [-0.05, 0) is 26.0 Å².